The molecule has 0 spiro atoms. The van der Waals surface area contributed by atoms with Crippen LogP contribution in [0.2, 0.25) is 0 Å². The Balaban J connectivity index is 1.83. The molecular formula is C17H20N4O4S. The van der Waals surface area contributed by atoms with E-state index in [9.17, 15) is 18.0 Å². The monoisotopic (exact) mass is 376 g/mol. The van der Waals surface area contributed by atoms with E-state index in [0.29, 0.717) is 17.1 Å². The summed E-state index contributed by atoms with van der Waals surface area (Å²) in [5.41, 5.74) is 1.42. The number of sulfonamides is 1. The summed E-state index contributed by atoms with van der Waals surface area (Å²) in [5.74, 6) is -0.543. The van der Waals surface area contributed by atoms with Gasteiger partial charge in [-0.1, -0.05) is 24.3 Å². The van der Waals surface area contributed by atoms with Crippen molar-refractivity contribution < 1.29 is 18.0 Å². The number of benzene rings is 2. The Morgan fingerprint density at radius 3 is 2.23 bits per heavy atom. The largest absolute Gasteiger partial charge is 0.337 e. The lowest BCUT2D eigenvalue weighted by Crippen LogP contribution is -2.34. The van der Waals surface area contributed by atoms with Crippen LogP contribution in [0, 0.1) is 0 Å². The van der Waals surface area contributed by atoms with Gasteiger partial charge in [0.25, 0.3) is 0 Å². The number of hydrogen-bond donors (Lipinski definition) is 4. The van der Waals surface area contributed by atoms with Crippen LogP contribution in [0.5, 0.6) is 0 Å². The van der Waals surface area contributed by atoms with Crippen LogP contribution in [-0.2, 0) is 14.8 Å². The van der Waals surface area contributed by atoms with Crippen LogP contribution in [0.4, 0.5) is 21.9 Å². The minimum Gasteiger partial charge on any atom is -0.337 e. The SMILES string of the molecule is CC(=O)Nc1cccc(NS(=O)(=O)CCNC(=O)Nc2ccccc2)c1. The molecule has 26 heavy (non-hydrogen) atoms. The van der Waals surface area contributed by atoms with Crippen LogP contribution in [0.3, 0.4) is 0 Å². The molecule has 2 aromatic rings. The van der Waals surface area contributed by atoms with Gasteiger partial charge >= 0.3 is 6.03 Å². The van der Waals surface area contributed by atoms with Crippen molar-refractivity contribution in [3.05, 3.63) is 54.6 Å². The summed E-state index contributed by atoms with van der Waals surface area (Å²) < 4.78 is 26.6. The van der Waals surface area contributed by atoms with Gasteiger partial charge in [0.15, 0.2) is 0 Å². The average molecular weight is 376 g/mol. The molecule has 0 saturated carbocycles. The number of rotatable bonds is 7. The van der Waals surface area contributed by atoms with E-state index in [0.717, 1.165) is 0 Å². The Morgan fingerprint density at radius 1 is 0.885 bits per heavy atom. The molecule has 0 saturated heterocycles. The molecule has 2 aromatic carbocycles. The molecule has 0 aliphatic carbocycles. The third-order valence-corrected chi connectivity index (χ3v) is 4.43. The van der Waals surface area contributed by atoms with Crippen molar-refractivity contribution in [1.82, 2.24) is 5.32 Å². The molecule has 9 heteroatoms. The van der Waals surface area contributed by atoms with Gasteiger partial charge in [-0.05, 0) is 30.3 Å². The molecular weight excluding hydrogens is 356 g/mol. The fourth-order valence-electron chi connectivity index (χ4n) is 2.09. The van der Waals surface area contributed by atoms with E-state index >= 15 is 0 Å². The third-order valence-electron chi connectivity index (χ3n) is 3.14. The van der Waals surface area contributed by atoms with E-state index < -0.39 is 16.1 Å². The molecule has 0 aliphatic rings. The number of amides is 3. The summed E-state index contributed by atoms with van der Waals surface area (Å²) >= 11 is 0. The van der Waals surface area contributed by atoms with Crippen LogP contribution in [0.25, 0.3) is 0 Å². The molecule has 4 N–H and O–H groups in total. The molecule has 0 unspecified atom stereocenters. The third kappa shape index (κ3) is 6.81. The van der Waals surface area contributed by atoms with Gasteiger partial charge in [-0.15, -0.1) is 0 Å². The number of nitrogens with one attached hydrogen (secondary N) is 4. The van der Waals surface area contributed by atoms with Crippen molar-refractivity contribution in [2.75, 3.05) is 27.7 Å². The number of urea groups is 1. The summed E-state index contributed by atoms with van der Waals surface area (Å²) in [6, 6.07) is 14.7. The van der Waals surface area contributed by atoms with Gasteiger partial charge in [0.05, 0.1) is 11.4 Å². The highest BCUT2D eigenvalue weighted by atomic mass is 32.2. The normalized spacial score (nSPS) is 10.7. The van der Waals surface area contributed by atoms with Gasteiger partial charge in [-0.25, -0.2) is 13.2 Å². The van der Waals surface area contributed by atoms with Gasteiger partial charge in [0.2, 0.25) is 15.9 Å². The maximum atomic E-state index is 12.1. The van der Waals surface area contributed by atoms with Gasteiger partial charge in [-0.3, -0.25) is 9.52 Å². The van der Waals surface area contributed by atoms with Gasteiger partial charge in [0, 0.05) is 24.8 Å². The minimum absolute atomic E-state index is 0.0562. The topological polar surface area (TPSA) is 116 Å². The molecule has 2 rings (SSSR count). The van der Waals surface area contributed by atoms with Gasteiger partial charge in [-0.2, -0.15) is 0 Å². The highest BCUT2D eigenvalue weighted by Crippen LogP contribution is 2.16. The van der Waals surface area contributed by atoms with Gasteiger partial charge < -0.3 is 16.0 Å². The number of carbonyl (C=O) groups is 2. The van der Waals surface area contributed by atoms with E-state index in [1.54, 1.807) is 42.5 Å². The van der Waals surface area contributed by atoms with Crippen molar-refractivity contribution in [3.63, 3.8) is 0 Å². The summed E-state index contributed by atoms with van der Waals surface area (Å²) in [4.78, 5) is 22.8. The number of carbonyl (C=O) groups excluding carboxylic acids is 2. The van der Waals surface area contributed by atoms with Crippen molar-refractivity contribution >= 4 is 39.0 Å². The lowest BCUT2D eigenvalue weighted by molar-refractivity contribution is -0.114. The standard InChI is InChI=1S/C17H20N4O4S/c1-13(22)19-15-8-5-9-16(12-15)21-26(24,25)11-10-18-17(23)20-14-6-3-2-4-7-14/h2-9,12,21H,10-11H2,1H3,(H,19,22)(H2,18,20,23). The highest BCUT2D eigenvalue weighted by Gasteiger charge is 2.12. The van der Waals surface area contributed by atoms with Gasteiger partial charge in [0.1, 0.15) is 0 Å². The fourth-order valence-corrected chi connectivity index (χ4v) is 3.05. The molecule has 8 nitrogen and oxygen atoms in total. The molecule has 0 fully saturated rings. The van der Waals surface area contributed by atoms with Crippen LogP contribution in [0.15, 0.2) is 54.6 Å². The molecule has 3 amide bonds. The van der Waals surface area contributed by atoms with E-state index in [2.05, 4.69) is 20.7 Å². The van der Waals surface area contributed by atoms with E-state index in [-0.39, 0.29) is 18.2 Å². The lowest BCUT2D eigenvalue weighted by atomic mass is 10.3. The first kappa shape index (κ1) is 19.3. The van der Waals surface area contributed by atoms with E-state index in [1.807, 2.05) is 6.07 Å². The molecule has 0 heterocycles. The van der Waals surface area contributed by atoms with Crippen molar-refractivity contribution in [2.24, 2.45) is 0 Å². The second-order valence-electron chi connectivity index (χ2n) is 5.43. The van der Waals surface area contributed by atoms with Crippen molar-refractivity contribution in [2.45, 2.75) is 6.92 Å². The molecule has 0 bridgehead atoms. The zero-order valence-electron chi connectivity index (χ0n) is 14.2. The molecule has 0 aromatic heterocycles. The maximum absolute atomic E-state index is 12.1. The zero-order valence-corrected chi connectivity index (χ0v) is 15.0. The highest BCUT2D eigenvalue weighted by molar-refractivity contribution is 7.92. The Hall–Kier alpha value is -3.07. The predicted molar refractivity (Wildman–Crippen MR) is 102 cm³/mol. The average Bonchev–Trinajstić information content (AvgIpc) is 2.54. The molecule has 138 valence electrons. The van der Waals surface area contributed by atoms with E-state index in [4.69, 9.17) is 0 Å². The van der Waals surface area contributed by atoms with Crippen molar-refractivity contribution in [1.29, 1.82) is 0 Å². The van der Waals surface area contributed by atoms with Crippen LogP contribution in [0.1, 0.15) is 6.92 Å². The number of hydrogen-bond acceptors (Lipinski definition) is 4. The lowest BCUT2D eigenvalue weighted by Gasteiger charge is -2.11. The fraction of sp³-hybridized carbons (Fsp3) is 0.176. The Morgan fingerprint density at radius 2 is 1.54 bits per heavy atom. The van der Waals surface area contributed by atoms with Crippen LogP contribution in [-0.4, -0.2) is 32.7 Å². The number of para-hydroxylation sites is 1. The Labute approximate surface area is 152 Å². The second kappa shape index (κ2) is 8.86. The first-order valence-electron chi connectivity index (χ1n) is 7.82. The summed E-state index contributed by atoms with van der Waals surface area (Å²) in [6.07, 6.45) is 0. The predicted octanol–water partition coefficient (Wildman–Crippen LogP) is 2.21. The minimum atomic E-state index is -3.65. The molecule has 0 radical (unpaired) electrons. The molecule has 0 atom stereocenters. The summed E-state index contributed by atoms with van der Waals surface area (Å²) in [7, 11) is -3.65. The van der Waals surface area contributed by atoms with Crippen LogP contribution < -0.4 is 20.7 Å². The summed E-state index contributed by atoms with van der Waals surface area (Å²) in [5, 5.41) is 7.66. The number of anilines is 3. The zero-order chi connectivity index (χ0) is 19.0. The second-order valence-corrected chi connectivity index (χ2v) is 7.27. The smallest absolute Gasteiger partial charge is 0.319 e. The Kier molecular flexibility index (Phi) is 6.56. The molecule has 0 aliphatic heterocycles. The quantitative estimate of drug-likeness (QED) is 0.593. The van der Waals surface area contributed by atoms with Crippen molar-refractivity contribution in [3.8, 4) is 0 Å². The Bertz CT molecular complexity index is 869. The first-order valence-corrected chi connectivity index (χ1v) is 9.47. The van der Waals surface area contributed by atoms with E-state index in [1.165, 1.54) is 13.0 Å². The van der Waals surface area contributed by atoms with Crippen LogP contribution >= 0.6 is 0 Å². The first-order chi connectivity index (χ1) is 12.3. The maximum Gasteiger partial charge on any atom is 0.319 e. The summed E-state index contributed by atoms with van der Waals surface area (Å²) in [6.45, 7) is 1.31.